The number of fused-ring (bicyclic) bond motifs is 2. The van der Waals surface area contributed by atoms with Crippen LogP contribution in [0, 0.1) is 22.7 Å². The molecule has 3 aromatic rings. The third kappa shape index (κ3) is 3.25. The second-order valence-electron chi connectivity index (χ2n) is 6.50. The molecule has 0 atom stereocenters. The highest BCUT2D eigenvalue weighted by Crippen LogP contribution is 2.45. The Kier molecular flexibility index (Phi) is 5.15. The minimum atomic E-state index is 0.0980. The summed E-state index contributed by atoms with van der Waals surface area (Å²) in [5, 5.41) is 22.5. The molecule has 150 valence electrons. The normalized spacial score (nSPS) is 11.6. The van der Waals surface area contributed by atoms with Crippen LogP contribution in [0.1, 0.15) is 17.5 Å². The first kappa shape index (κ1) is 19.2. The van der Waals surface area contributed by atoms with Crippen molar-refractivity contribution in [2.24, 2.45) is 0 Å². The van der Waals surface area contributed by atoms with Crippen molar-refractivity contribution in [2.45, 2.75) is 12.8 Å². The molecule has 8 heteroatoms. The zero-order chi connectivity index (χ0) is 21.1. The van der Waals surface area contributed by atoms with Gasteiger partial charge in [0.1, 0.15) is 6.07 Å². The SMILES string of the molecule is COc1cc2ncc(C#N)c(Nc3ccc(CCC#N)c4c3OCO4)c2cc1OC. The van der Waals surface area contributed by atoms with Gasteiger partial charge in [-0.3, -0.25) is 4.98 Å². The molecule has 0 spiro atoms. The van der Waals surface area contributed by atoms with E-state index in [1.807, 2.05) is 12.1 Å². The number of ether oxygens (including phenoxy) is 4. The number of nitrogens with one attached hydrogen (secondary N) is 1. The maximum Gasteiger partial charge on any atom is 0.231 e. The Morgan fingerprint density at radius 2 is 1.87 bits per heavy atom. The summed E-state index contributed by atoms with van der Waals surface area (Å²) < 4.78 is 22.1. The summed E-state index contributed by atoms with van der Waals surface area (Å²) in [4.78, 5) is 4.37. The van der Waals surface area contributed by atoms with Gasteiger partial charge in [0.05, 0.1) is 42.7 Å². The van der Waals surface area contributed by atoms with E-state index in [-0.39, 0.29) is 6.79 Å². The maximum absolute atomic E-state index is 9.65. The van der Waals surface area contributed by atoms with Gasteiger partial charge in [-0.05, 0) is 24.1 Å². The van der Waals surface area contributed by atoms with E-state index in [0.29, 0.717) is 63.7 Å². The molecule has 1 aliphatic heterocycles. The largest absolute Gasteiger partial charge is 0.493 e. The van der Waals surface area contributed by atoms with Gasteiger partial charge in [-0.25, -0.2) is 0 Å². The molecule has 0 fully saturated rings. The van der Waals surface area contributed by atoms with Gasteiger partial charge in [0, 0.05) is 24.1 Å². The molecule has 0 amide bonds. The molecule has 2 heterocycles. The fourth-order valence-corrected chi connectivity index (χ4v) is 3.41. The van der Waals surface area contributed by atoms with Gasteiger partial charge >= 0.3 is 0 Å². The first-order valence-electron chi connectivity index (χ1n) is 9.20. The fourth-order valence-electron chi connectivity index (χ4n) is 3.41. The van der Waals surface area contributed by atoms with Gasteiger partial charge in [0.15, 0.2) is 23.0 Å². The van der Waals surface area contributed by atoms with Crippen molar-refractivity contribution in [1.82, 2.24) is 4.98 Å². The van der Waals surface area contributed by atoms with Crippen LogP contribution in [-0.4, -0.2) is 26.0 Å². The molecule has 4 rings (SSSR count). The number of aromatic nitrogens is 1. The van der Waals surface area contributed by atoms with E-state index in [9.17, 15) is 5.26 Å². The molecular formula is C22H18N4O4. The number of nitrogens with zero attached hydrogens (tertiary/aromatic N) is 3. The first-order valence-corrected chi connectivity index (χ1v) is 9.20. The van der Waals surface area contributed by atoms with E-state index in [0.717, 1.165) is 5.56 Å². The Morgan fingerprint density at radius 1 is 1.10 bits per heavy atom. The summed E-state index contributed by atoms with van der Waals surface area (Å²) in [5.41, 5.74) is 3.15. The Morgan fingerprint density at radius 3 is 2.60 bits per heavy atom. The number of aryl methyl sites for hydroxylation is 1. The first-order chi connectivity index (χ1) is 14.7. The lowest BCUT2D eigenvalue weighted by molar-refractivity contribution is 0.173. The molecular weight excluding hydrogens is 384 g/mol. The van der Waals surface area contributed by atoms with E-state index in [1.165, 1.54) is 6.20 Å². The summed E-state index contributed by atoms with van der Waals surface area (Å²) in [7, 11) is 3.11. The van der Waals surface area contributed by atoms with Gasteiger partial charge in [-0.1, -0.05) is 6.07 Å². The zero-order valence-electron chi connectivity index (χ0n) is 16.5. The number of benzene rings is 2. The Hall–Kier alpha value is -4.17. The molecule has 2 aromatic carbocycles. The van der Waals surface area contributed by atoms with Gasteiger partial charge < -0.3 is 24.3 Å². The number of hydrogen-bond acceptors (Lipinski definition) is 8. The topological polar surface area (TPSA) is 109 Å². The highest BCUT2D eigenvalue weighted by molar-refractivity contribution is 5.98. The molecule has 1 aliphatic rings. The number of methoxy groups -OCH3 is 2. The Bertz CT molecular complexity index is 1210. The smallest absolute Gasteiger partial charge is 0.231 e. The molecule has 0 saturated heterocycles. The molecule has 0 bridgehead atoms. The minimum Gasteiger partial charge on any atom is -0.493 e. The molecule has 0 saturated carbocycles. The number of nitriles is 2. The highest BCUT2D eigenvalue weighted by Gasteiger charge is 2.23. The van der Waals surface area contributed by atoms with Gasteiger partial charge in [0.2, 0.25) is 6.79 Å². The standard InChI is InChI=1S/C22H18N4O4/c1-27-18-8-15-17(9-19(18)28-2)25-11-14(10-24)20(15)26-16-6-5-13(4-3-7-23)21-22(16)30-12-29-21/h5-6,8-9,11H,3-4,12H2,1-2H3,(H,25,26). The quantitative estimate of drug-likeness (QED) is 0.658. The summed E-state index contributed by atoms with van der Waals surface area (Å²) in [6.07, 6.45) is 2.47. The molecule has 1 aromatic heterocycles. The van der Waals surface area contributed by atoms with Gasteiger partial charge in [0.25, 0.3) is 0 Å². The molecule has 0 radical (unpaired) electrons. The minimum absolute atomic E-state index is 0.0980. The average Bonchev–Trinajstić information content (AvgIpc) is 3.28. The predicted octanol–water partition coefficient (Wildman–Crippen LogP) is 4.05. The molecule has 30 heavy (non-hydrogen) atoms. The summed E-state index contributed by atoms with van der Waals surface area (Å²) in [5.74, 6) is 2.25. The molecule has 0 unspecified atom stereocenters. The van der Waals surface area contributed by atoms with Crippen molar-refractivity contribution in [1.29, 1.82) is 10.5 Å². The summed E-state index contributed by atoms with van der Waals surface area (Å²) in [6.45, 7) is 0.0980. The fraction of sp³-hybridized carbons (Fsp3) is 0.227. The molecule has 1 N–H and O–H groups in total. The zero-order valence-corrected chi connectivity index (χ0v) is 16.5. The van der Waals surface area contributed by atoms with E-state index < -0.39 is 0 Å². The van der Waals surface area contributed by atoms with Crippen LogP contribution in [0.4, 0.5) is 11.4 Å². The van der Waals surface area contributed by atoms with Crippen LogP contribution >= 0.6 is 0 Å². The van der Waals surface area contributed by atoms with Crippen molar-refractivity contribution >= 4 is 22.3 Å². The van der Waals surface area contributed by atoms with Crippen molar-refractivity contribution in [3.63, 3.8) is 0 Å². The summed E-state index contributed by atoms with van der Waals surface area (Å²) in [6, 6.07) is 11.6. The lowest BCUT2D eigenvalue weighted by atomic mass is 10.1. The maximum atomic E-state index is 9.65. The Labute approximate surface area is 173 Å². The molecule has 0 aliphatic carbocycles. The Balaban J connectivity index is 1.84. The van der Waals surface area contributed by atoms with Crippen LogP contribution in [0.25, 0.3) is 10.9 Å². The molecule has 8 nitrogen and oxygen atoms in total. The van der Waals surface area contributed by atoms with Crippen LogP contribution in [0.2, 0.25) is 0 Å². The summed E-state index contributed by atoms with van der Waals surface area (Å²) >= 11 is 0. The number of hydrogen-bond donors (Lipinski definition) is 1. The lowest BCUT2D eigenvalue weighted by Crippen LogP contribution is -2.00. The van der Waals surface area contributed by atoms with Crippen LogP contribution < -0.4 is 24.3 Å². The van der Waals surface area contributed by atoms with E-state index in [2.05, 4.69) is 22.4 Å². The van der Waals surface area contributed by atoms with E-state index in [4.69, 9.17) is 24.2 Å². The van der Waals surface area contributed by atoms with Gasteiger partial charge in [-0.2, -0.15) is 10.5 Å². The predicted molar refractivity (Wildman–Crippen MR) is 109 cm³/mol. The monoisotopic (exact) mass is 402 g/mol. The van der Waals surface area contributed by atoms with Crippen LogP contribution in [0.5, 0.6) is 23.0 Å². The van der Waals surface area contributed by atoms with Crippen LogP contribution in [-0.2, 0) is 6.42 Å². The number of pyridine rings is 1. The lowest BCUT2D eigenvalue weighted by Gasteiger charge is -2.16. The van der Waals surface area contributed by atoms with Crippen molar-refractivity contribution in [2.75, 3.05) is 26.3 Å². The van der Waals surface area contributed by atoms with E-state index >= 15 is 0 Å². The van der Waals surface area contributed by atoms with E-state index in [1.54, 1.807) is 26.4 Å². The van der Waals surface area contributed by atoms with Crippen LogP contribution in [0.3, 0.4) is 0 Å². The van der Waals surface area contributed by atoms with Gasteiger partial charge in [-0.15, -0.1) is 0 Å². The highest BCUT2D eigenvalue weighted by atomic mass is 16.7. The average molecular weight is 402 g/mol. The van der Waals surface area contributed by atoms with Crippen molar-refractivity contribution in [3.8, 4) is 35.1 Å². The third-order valence-electron chi connectivity index (χ3n) is 4.86. The second kappa shape index (κ2) is 8.06. The number of anilines is 2. The van der Waals surface area contributed by atoms with Crippen molar-refractivity contribution in [3.05, 3.63) is 41.6 Å². The van der Waals surface area contributed by atoms with Crippen LogP contribution in [0.15, 0.2) is 30.5 Å². The third-order valence-corrected chi connectivity index (χ3v) is 4.86. The second-order valence-corrected chi connectivity index (χ2v) is 6.50. The number of rotatable bonds is 6. The van der Waals surface area contributed by atoms with Crippen molar-refractivity contribution < 1.29 is 18.9 Å².